The number of carbonyl (C=O) groups excluding carboxylic acids is 1. The lowest BCUT2D eigenvalue weighted by atomic mass is 9.97. The van der Waals surface area contributed by atoms with Gasteiger partial charge in [-0.05, 0) is 37.3 Å². The van der Waals surface area contributed by atoms with Crippen molar-refractivity contribution in [2.24, 2.45) is 0 Å². The minimum Gasteiger partial charge on any atom is -0.434 e. The normalized spacial score (nSPS) is 21.6. The highest BCUT2D eigenvalue weighted by atomic mass is 19.3. The maximum absolute atomic E-state index is 13.3. The lowest BCUT2D eigenvalue weighted by molar-refractivity contribution is -0.0507. The van der Waals surface area contributed by atoms with Gasteiger partial charge in [-0.3, -0.25) is 4.79 Å². The summed E-state index contributed by atoms with van der Waals surface area (Å²) in [5, 5.41) is 0. The van der Waals surface area contributed by atoms with Gasteiger partial charge >= 0.3 is 6.61 Å². The number of aromatic nitrogens is 2. The number of benzene rings is 2. The summed E-state index contributed by atoms with van der Waals surface area (Å²) in [6.45, 7) is -4.13. The van der Waals surface area contributed by atoms with Gasteiger partial charge in [0.15, 0.2) is 0 Å². The predicted octanol–water partition coefficient (Wildman–Crippen LogP) is 4.13. The number of hydrogen-bond acceptors (Lipinski definition) is 3. The Kier molecular flexibility index (Phi) is 3.17. The summed E-state index contributed by atoms with van der Waals surface area (Å²) in [6, 6.07) is 8.18. The topological polar surface area (TPSA) is 47.4 Å². The van der Waals surface area contributed by atoms with Crippen LogP contribution in [0.2, 0.25) is 0 Å². The van der Waals surface area contributed by atoms with E-state index in [0.717, 1.165) is 10.5 Å². The van der Waals surface area contributed by atoms with Gasteiger partial charge in [-0.25, -0.2) is 4.98 Å². The molecule has 2 atom stereocenters. The number of rotatable bonds is 2. The van der Waals surface area contributed by atoms with E-state index in [2.05, 4.69) is 16.8 Å². The molecule has 5 rings (SSSR count). The van der Waals surface area contributed by atoms with E-state index in [1.54, 1.807) is 19.1 Å². The molecule has 0 N–H and O–H groups in total. The smallest absolute Gasteiger partial charge is 0.387 e. The molecule has 7 heteroatoms. The zero-order chi connectivity index (χ0) is 22.8. The Balaban J connectivity index is 1.84. The molecule has 2 aliphatic heterocycles. The number of halogens is 2. The van der Waals surface area contributed by atoms with Crippen LogP contribution in [0, 0.1) is 11.8 Å². The van der Waals surface area contributed by atoms with Crippen LogP contribution in [0.1, 0.15) is 56.8 Å². The van der Waals surface area contributed by atoms with Crippen molar-refractivity contribution >= 4 is 16.9 Å². The monoisotopic (exact) mass is 396 g/mol. The van der Waals surface area contributed by atoms with Crippen LogP contribution in [0.25, 0.3) is 11.0 Å². The maximum atomic E-state index is 13.3. The highest BCUT2D eigenvalue weighted by Crippen LogP contribution is 2.49. The first-order valence-electron chi connectivity index (χ1n) is 10.6. The molecular formula is C22H17F2N3O2. The van der Waals surface area contributed by atoms with Gasteiger partial charge in [0.1, 0.15) is 11.6 Å². The van der Waals surface area contributed by atoms with Crippen molar-refractivity contribution in [2.45, 2.75) is 32.0 Å². The van der Waals surface area contributed by atoms with Gasteiger partial charge in [0.25, 0.3) is 5.91 Å². The van der Waals surface area contributed by atoms with Crippen LogP contribution in [0.5, 0.6) is 5.75 Å². The zero-order valence-electron chi connectivity index (χ0n) is 18.3. The zero-order valence-corrected chi connectivity index (χ0v) is 15.3. The molecular weight excluding hydrogens is 376 g/mol. The molecule has 3 aromatic rings. The first-order chi connectivity index (χ1) is 15.2. The Hall–Kier alpha value is -3.40. The fourth-order valence-electron chi connectivity index (χ4n) is 4.33. The van der Waals surface area contributed by atoms with Gasteiger partial charge in [0.2, 0.25) is 0 Å². The molecule has 3 heterocycles. The molecule has 0 radical (unpaired) electrons. The first kappa shape index (κ1) is 14.6. The van der Waals surface area contributed by atoms with E-state index < -0.39 is 31.6 Å². The Morgan fingerprint density at radius 3 is 2.93 bits per heavy atom. The molecule has 2 bridgehead atoms. The Labute approximate surface area is 170 Å². The minimum atomic E-state index is -3.10. The number of ether oxygens (including phenoxy) is 1. The minimum absolute atomic E-state index is 0.0313. The number of nitrogens with zero attached hydrogens (tertiary/aromatic N) is 3. The van der Waals surface area contributed by atoms with E-state index in [-0.39, 0.29) is 23.3 Å². The molecule has 0 saturated heterocycles. The number of fused-ring (bicyclic) bond motifs is 9. The Morgan fingerprint density at radius 2 is 2.17 bits per heavy atom. The second-order valence-electron chi connectivity index (χ2n) is 6.96. The third-order valence-electron chi connectivity index (χ3n) is 5.42. The van der Waals surface area contributed by atoms with Crippen LogP contribution in [-0.2, 0) is 0 Å². The predicted molar refractivity (Wildman–Crippen MR) is 103 cm³/mol. The third kappa shape index (κ3) is 2.52. The van der Waals surface area contributed by atoms with Crippen LogP contribution in [0.4, 0.5) is 8.78 Å². The van der Waals surface area contributed by atoms with Crippen LogP contribution in [0.3, 0.4) is 0 Å². The van der Waals surface area contributed by atoms with Crippen molar-refractivity contribution < 1.29 is 22.4 Å². The Bertz CT molecular complexity index is 1320. The molecule has 146 valence electrons. The number of amides is 1. The largest absolute Gasteiger partial charge is 0.434 e. The van der Waals surface area contributed by atoms with Crippen molar-refractivity contribution in [3.8, 4) is 17.6 Å². The first-order valence-corrected chi connectivity index (χ1v) is 9.06. The lowest BCUT2D eigenvalue weighted by Gasteiger charge is -2.24. The fourth-order valence-corrected chi connectivity index (χ4v) is 4.33. The highest BCUT2D eigenvalue weighted by molar-refractivity contribution is 5.97. The molecule has 2 aromatic carbocycles. The third-order valence-corrected chi connectivity index (χ3v) is 5.42. The molecule has 1 aromatic heterocycles. The number of carbonyl (C=O) groups is 1. The second kappa shape index (κ2) is 6.31. The SMILES string of the molecule is [2H]C([2H])([2H])N1C(=O)c2cccc(OC(F)F)c2[C@H]2C[C@@H]1c1nc3ccc(C#CC)cc3n12. The Morgan fingerprint density at radius 1 is 1.31 bits per heavy atom. The molecule has 0 saturated carbocycles. The van der Waals surface area contributed by atoms with Gasteiger partial charge in [-0.2, -0.15) is 8.78 Å². The summed E-state index contributed by atoms with van der Waals surface area (Å²) in [6.07, 6.45) is 0.183. The average Bonchev–Trinajstić information content (AvgIpc) is 3.20. The second-order valence-corrected chi connectivity index (χ2v) is 6.96. The molecule has 0 aliphatic carbocycles. The van der Waals surface area contributed by atoms with Gasteiger partial charge in [0, 0.05) is 34.2 Å². The van der Waals surface area contributed by atoms with Crippen LogP contribution >= 0.6 is 0 Å². The molecule has 0 unspecified atom stereocenters. The van der Waals surface area contributed by atoms with Crippen LogP contribution in [0.15, 0.2) is 36.4 Å². The maximum Gasteiger partial charge on any atom is 0.387 e. The molecule has 0 spiro atoms. The highest BCUT2D eigenvalue weighted by Gasteiger charge is 2.44. The van der Waals surface area contributed by atoms with Crippen LogP contribution < -0.4 is 4.74 Å². The molecule has 29 heavy (non-hydrogen) atoms. The summed E-state index contributed by atoms with van der Waals surface area (Å²) in [7, 11) is 0. The lowest BCUT2D eigenvalue weighted by Crippen LogP contribution is -2.30. The van der Waals surface area contributed by atoms with E-state index in [1.807, 2.05) is 10.6 Å². The summed E-state index contributed by atoms with van der Waals surface area (Å²) in [5.41, 5.74) is 2.29. The van der Waals surface area contributed by atoms with Crippen molar-refractivity contribution in [1.82, 2.24) is 14.5 Å². The van der Waals surface area contributed by atoms with Crippen molar-refractivity contribution in [3.63, 3.8) is 0 Å². The van der Waals surface area contributed by atoms with Crippen molar-refractivity contribution in [3.05, 3.63) is 58.9 Å². The molecule has 2 aliphatic rings. The number of imidazole rings is 1. The summed E-state index contributed by atoms with van der Waals surface area (Å²) in [5.74, 6) is 5.30. The van der Waals surface area contributed by atoms with E-state index in [4.69, 9.17) is 8.85 Å². The fraction of sp³-hybridized carbons (Fsp3) is 0.273. The number of hydrogen-bond donors (Lipinski definition) is 0. The van der Waals surface area contributed by atoms with Gasteiger partial charge in [0.05, 0.1) is 23.1 Å². The molecule has 1 amide bonds. The quantitative estimate of drug-likeness (QED) is 0.612. The van der Waals surface area contributed by atoms with Gasteiger partial charge in [-0.1, -0.05) is 12.0 Å². The summed E-state index contributed by atoms with van der Waals surface area (Å²) < 4.78 is 57.0. The van der Waals surface area contributed by atoms with E-state index in [0.29, 0.717) is 16.9 Å². The average molecular weight is 396 g/mol. The van der Waals surface area contributed by atoms with Crippen molar-refractivity contribution in [2.75, 3.05) is 6.98 Å². The molecule has 0 fully saturated rings. The molecule has 5 nitrogen and oxygen atoms in total. The van der Waals surface area contributed by atoms with Crippen LogP contribution in [-0.4, -0.2) is 33.9 Å². The summed E-state index contributed by atoms with van der Waals surface area (Å²) >= 11 is 0. The van der Waals surface area contributed by atoms with E-state index in [9.17, 15) is 13.6 Å². The van der Waals surface area contributed by atoms with Gasteiger partial charge < -0.3 is 14.2 Å². The van der Waals surface area contributed by atoms with E-state index >= 15 is 0 Å². The van der Waals surface area contributed by atoms with E-state index in [1.165, 1.54) is 18.2 Å². The summed E-state index contributed by atoms with van der Waals surface area (Å²) in [4.78, 5) is 18.8. The number of alkyl halides is 2. The van der Waals surface area contributed by atoms with Gasteiger partial charge in [-0.15, -0.1) is 5.92 Å². The van der Waals surface area contributed by atoms with Crippen molar-refractivity contribution in [1.29, 1.82) is 0 Å². The standard InChI is InChI=1S/C22H17F2N3O2/c1-3-5-12-8-9-14-15(10-12)27-16-11-17(20(27)25-14)26(2)21(28)13-6-4-7-18(19(13)16)29-22(23)24/h4,6-10,16-17,22H,11H2,1-2H3/t16-,17-/m1/s1/i2D3.